The topological polar surface area (TPSA) is 94.3 Å². The average molecular weight is 323 g/mol. The summed E-state index contributed by atoms with van der Waals surface area (Å²) in [4.78, 5) is 3.90. The number of ether oxygens (including phenoxy) is 1. The normalized spacial score (nSPS) is 10.6. The number of hydrogen-bond acceptors (Lipinski definition) is 6. The van der Waals surface area contributed by atoms with Crippen LogP contribution in [0.5, 0.6) is 5.75 Å². The molecule has 110 valence electrons. The van der Waals surface area contributed by atoms with E-state index in [0.29, 0.717) is 5.56 Å². The van der Waals surface area contributed by atoms with Crippen LogP contribution in [0.1, 0.15) is 5.56 Å². The molecule has 0 aliphatic carbocycles. The Morgan fingerprint density at radius 1 is 1.48 bits per heavy atom. The first-order valence-electron chi connectivity index (χ1n) is 5.86. The molecule has 21 heavy (non-hydrogen) atoms. The van der Waals surface area contributed by atoms with Crippen LogP contribution >= 0.6 is 11.3 Å². The highest BCUT2D eigenvalue weighted by molar-refractivity contribution is 7.93. The Bertz CT molecular complexity index is 775. The fourth-order valence-corrected chi connectivity index (χ4v) is 3.55. The molecule has 6 nitrogen and oxygen atoms in total. The van der Waals surface area contributed by atoms with Crippen molar-refractivity contribution >= 4 is 26.5 Å². The number of nitrogens with zero attached hydrogens (tertiary/aromatic N) is 1. The molecule has 0 aliphatic heterocycles. The quantitative estimate of drug-likeness (QED) is 0.826. The molecule has 0 unspecified atom stereocenters. The molecule has 2 aromatic rings. The number of aromatic nitrogens is 1. The van der Waals surface area contributed by atoms with E-state index in [2.05, 4.69) is 21.5 Å². The lowest BCUT2D eigenvalue weighted by Crippen LogP contribution is -2.14. The van der Waals surface area contributed by atoms with Gasteiger partial charge in [-0.15, -0.1) is 11.3 Å². The van der Waals surface area contributed by atoms with Crippen molar-refractivity contribution in [3.05, 3.63) is 35.3 Å². The van der Waals surface area contributed by atoms with Crippen LogP contribution in [0.2, 0.25) is 0 Å². The van der Waals surface area contributed by atoms with Crippen molar-refractivity contribution in [2.75, 3.05) is 18.4 Å². The number of anilines is 1. The Morgan fingerprint density at radius 2 is 2.29 bits per heavy atom. The second-order valence-corrected chi connectivity index (χ2v) is 6.36. The molecule has 2 rings (SSSR count). The molecule has 8 heteroatoms. The molecule has 0 saturated heterocycles. The van der Waals surface area contributed by atoms with Gasteiger partial charge in [-0.1, -0.05) is 11.8 Å². The Labute approximate surface area is 127 Å². The Morgan fingerprint density at radius 3 is 2.90 bits per heavy atom. The predicted octanol–water partition coefficient (Wildman–Crippen LogP) is 1.26. The van der Waals surface area contributed by atoms with Crippen molar-refractivity contribution in [1.29, 1.82) is 0 Å². The summed E-state index contributed by atoms with van der Waals surface area (Å²) in [6.45, 7) is 0.200. The van der Waals surface area contributed by atoms with Crippen LogP contribution in [0.3, 0.4) is 0 Å². The van der Waals surface area contributed by atoms with Gasteiger partial charge in [-0.2, -0.15) is 0 Å². The van der Waals surface area contributed by atoms with Crippen LogP contribution < -0.4 is 15.2 Å². The van der Waals surface area contributed by atoms with Crippen LogP contribution in [0.25, 0.3) is 0 Å². The highest BCUT2D eigenvalue weighted by atomic mass is 32.2. The SMILES string of the molecule is COc1ccc(C#CCN)cc1S(=O)(=O)Nc1nccs1. The van der Waals surface area contributed by atoms with Gasteiger partial charge in [-0.3, -0.25) is 4.72 Å². The molecule has 0 bridgehead atoms. The number of methoxy groups -OCH3 is 1. The third-order valence-corrected chi connectivity index (χ3v) is 4.62. The highest BCUT2D eigenvalue weighted by Crippen LogP contribution is 2.27. The summed E-state index contributed by atoms with van der Waals surface area (Å²) in [5, 5.41) is 1.97. The number of nitrogens with two attached hydrogens (primary N) is 1. The zero-order valence-electron chi connectivity index (χ0n) is 11.2. The van der Waals surface area contributed by atoms with Gasteiger partial charge in [0.2, 0.25) is 0 Å². The maximum atomic E-state index is 12.4. The first-order valence-corrected chi connectivity index (χ1v) is 8.22. The molecule has 0 radical (unpaired) electrons. The second kappa shape index (κ2) is 6.58. The number of thiazole rings is 1. The maximum absolute atomic E-state index is 12.4. The smallest absolute Gasteiger partial charge is 0.267 e. The van der Waals surface area contributed by atoms with E-state index in [9.17, 15) is 8.42 Å². The lowest BCUT2D eigenvalue weighted by atomic mass is 10.2. The van der Waals surface area contributed by atoms with Gasteiger partial charge in [0, 0.05) is 17.1 Å². The number of hydrogen-bond donors (Lipinski definition) is 2. The van der Waals surface area contributed by atoms with Crippen molar-refractivity contribution < 1.29 is 13.2 Å². The molecule has 0 aliphatic rings. The standard InChI is InChI=1S/C13H13N3O3S2/c1-19-11-5-4-10(3-2-6-14)9-12(11)21(17,18)16-13-15-7-8-20-13/h4-5,7-9H,6,14H2,1H3,(H,15,16). The summed E-state index contributed by atoms with van der Waals surface area (Å²) in [6, 6.07) is 4.66. The minimum atomic E-state index is -3.80. The van der Waals surface area contributed by atoms with Crippen molar-refractivity contribution in [3.63, 3.8) is 0 Å². The van der Waals surface area contributed by atoms with E-state index in [4.69, 9.17) is 10.5 Å². The molecule has 3 N–H and O–H groups in total. The largest absolute Gasteiger partial charge is 0.495 e. The van der Waals surface area contributed by atoms with Gasteiger partial charge in [0.15, 0.2) is 5.13 Å². The highest BCUT2D eigenvalue weighted by Gasteiger charge is 2.21. The summed E-state index contributed by atoms with van der Waals surface area (Å²) in [5.74, 6) is 5.70. The number of rotatable bonds is 4. The molecular formula is C13H13N3O3S2. The van der Waals surface area contributed by atoms with Gasteiger partial charge in [-0.25, -0.2) is 13.4 Å². The zero-order chi connectivity index (χ0) is 15.3. The summed E-state index contributed by atoms with van der Waals surface area (Å²) in [7, 11) is -2.39. The summed E-state index contributed by atoms with van der Waals surface area (Å²) in [5.41, 5.74) is 5.85. The van der Waals surface area contributed by atoms with Crippen molar-refractivity contribution in [2.24, 2.45) is 5.73 Å². The van der Waals surface area contributed by atoms with Crippen LogP contribution in [0.15, 0.2) is 34.7 Å². The molecule has 0 fully saturated rings. The van der Waals surface area contributed by atoms with E-state index >= 15 is 0 Å². The third kappa shape index (κ3) is 3.72. The van der Waals surface area contributed by atoms with E-state index in [1.807, 2.05) is 0 Å². The minimum Gasteiger partial charge on any atom is -0.495 e. The lowest BCUT2D eigenvalue weighted by molar-refractivity contribution is 0.403. The summed E-state index contributed by atoms with van der Waals surface area (Å²) >= 11 is 1.19. The number of sulfonamides is 1. The molecule has 1 aromatic heterocycles. The summed E-state index contributed by atoms with van der Waals surface area (Å²) in [6.07, 6.45) is 1.52. The van der Waals surface area contributed by atoms with E-state index in [1.165, 1.54) is 30.7 Å². The third-order valence-electron chi connectivity index (χ3n) is 2.44. The first kappa shape index (κ1) is 15.3. The van der Waals surface area contributed by atoms with Gasteiger partial charge in [0.25, 0.3) is 10.0 Å². The number of nitrogens with one attached hydrogen (secondary N) is 1. The van der Waals surface area contributed by atoms with E-state index in [1.54, 1.807) is 17.5 Å². The van der Waals surface area contributed by atoms with E-state index < -0.39 is 10.0 Å². The molecule has 0 amide bonds. The van der Waals surface area contributed by atoms with Crippen LogP contribution in [0, 0.1) is 11.8 Å². The molecule has 1 aromatic carbocycles. The fraction of sp³-hybridized carbons (Fsp3) is 0.154. The maximum Gasteiger partial charge on any atom is 0.267 e. The fourth-order valence-electron chi connectivity index (χ4n) is 1.56. The van der Waals surface area contributed by atoms with E-state index in [-0.39, 0.29) is 22.3 Å². The van der Waals surface area contributed by atoms with Gasteiger partial charge < -0.3 is 10.5 Å². The average Bonchev–Trinajstić information content (AvgIpc) is 2.97. The lowest BCUT2D eigenvalue weighted by Gasteiger charge is -2.10. The van der Waals surface area contributed by atoms with Crippen molar-refractivity contribution in [2.45, 2.75) is 4.90 Å². The Hall–Kier alpha value is -2.08. The van der Waals surface area contributed by atoms with Gasteiger partial charge in [0.1, 0.15) is 10.6 Å². The molecule has 0 atom stereocenters. The molecular weight excluding hydrogens is 310 g/mol. The van der Waals surface area contributed by atoms with Gasteiger partial charge >= 0.3 is 0 Å². The minimum absolute atomic E-state index is 0.00372. The van der Waals surface area contributed by atoms with Crippen LogP contribution in [-0.4, -0.2) is 27.1 Å². The van der Waals surface area contributed by atoms with Gasteiger partial charge in [0.05, 0.1) is 13.7 Å². The van der Waals surface area contributed by atoms with E-state index in [0.717, 1.165) is 0 Å². The number of benzene rings is 1. The van der Waals surface area contributed by atoms with Crippen molar-refractivity contribution in [1.82, 2.24) is 4.98 Å². The van der Waals surface area contributed by atoms with Crippen LogP contribution in [0.4, 0.5) is 5.13 Å². The monoisotopic (exact) mass is 323 g/mol. The summed E-state index contributed by atoms with van der Waals surface area (Å²) < 4.78 is 32.3. The Kier molecular flexibility index (Phi) is 4.80. The van der Waals surface area contributed by atoms with Gasteiger partial charge in [-0.05, 0) is 18.2 Å². The predicted molar refractivity (Wildman–Crippen MR) is 81.8 cm³/mol. The zero-order valence-corrected chi connectivity index (χ0v) is 12.8. The Balaban J connectivity index is 2.44. The molecule has 1 heterocycles. The van der Waals surface area contributed by atoms with Crippen molar-refractivity contribution in [3.8, 4) is 17.6 Å². The molecule has 0 saturated carbocycles. The second-order valence-electron chi connectivity index (χ2n) is 3.81. The van der Waals surface area contributed by atoms with Crippen LogP contribution in [-0.2, 0) is 10.0 Å². The molecule has 0 spiro atoms. The first-order chi connectivity index (χ1) is 10.1.